The Morgan fingerprint density at radius 1 is 1.14 bits per heavy atom. The molecule has 0 aliphatic carbocycles. The zero-order chi connectivity index (χ0) is 30.9. The first-order valence-corrected chi connectivity index (χ1v) is 14.0. The highest BCUT2D eigenvalue weighted by molar-refractivity contribution is 6.34. The molecule has 2 saturated heterocycles. The normalized spacial score (nSPS) is 18.1. The lowest BCUT2D eigenvalue weighted by atomic mass is 10.0. The van der Waals surface area contributed by atoms with E-state index in [9.17, 15) is 26.7 Å². The van der Waals surface area contributed by atoms with Crippen LogP contribution >= 0.6 is 11.6 Å². The minimum atomic E-state index is -4.73. The molecule has 1 amide bonds. The first kappa shape index (κ1) is 30.7. The molecule has 3 aromatic rings. The van der Waals surface area contributed by atoms with E-state index in [0.717, 1.165) is 18.6 Å². The lowest BCUT2D eigenvalue weighted by Crippen LogP contribution is -2.48. The Morgan fingerprint density at radius 2 is 1.88 bits per heavy atom. The second-order valence-electron chi connectivity index (χ2n) is 10.3. The van der Waals surface area contributed by atoms with Crippen LogP contribution in [0, 0.1) is 0 Å². The summed E-state index contributed by atoms with van der Waals surface area (Å²) >= 11 is 6.57. The maximum atomic E-state index is 13.9. The summed E-state index contributed by atoms with van der Waals surface area (Å²) in [5.41, 5.74) is 4.47. The van der Waals surface area contributed by atoms with Crippen molar-refractivity contribution in [1.29, 1.82) is 0 Å². The van der Waals surface area contributed by atoms with Gasteiger partial charge in [0.15, 0.2) is 0 Å². The number of nitrogens with two attached hydrogens (primary N) is 1. The molecule has 0 saturated carbocycles. The number of aromatic nitrogens is 3. The lowest BCUT2D eigenvalue weighted by Gasteiger charge is -2.35. The highest BCUT2D eigenvalue weighted by atomic mass is 35.5. The summed E-state index contributed by atoms with van der Waals surface area (Å²) in [5, 5.41) is 0.422. The Morgan fingerprint density at radius 3 is 2.56 bits per heavy atom. The molecule has 43 heavy (non-hydrogen) atoms. The zero-order valence-electron chi connectivity index (χ0n) is 23.0. The van der Waals surface area contributed by atoms with Gasteiger partial charge in [0, 0.05) is 43.2 Å². The molecule has 4 heterocycles. The predicted molar refractivity (Wildman–Crippen MR) is 152 cm³/mol. The van der Waals surface area contributed by atoms with Crippen molar-refractivity contribution in [3.05, 3.63) is 47.5 Å². The number of nitrogens with zero attached hydrogens (tertiary/aromatic N) is 6. The van der Waals surface area contributed by atoms with Crippen LogP contribution in [-0.2, 0) is 11.0 Å². The summed E-state index contributed by atoms with van der Waals surface area (Å²) in [6, 6.07) is 4.42. The molecule has 0 spiro atoms. The number of likely N-dealkylation sites (tertiary alicyclic amines) is 1. The average molecular weight is 626 g/mol. The number of pyridine rings is 1. The van der Waals surface area contributed by atoms with Crippen LogP contribution in [0.25, 0.3) is 22.2 Å². The van der Waals surface area contributed by atoms with Crippen molar-refractivity contribution in [2.75, 3.05) is 56.5 Å². The SMILES string of the molecule is C=CC(=O)N1CCN(c2nc(OCC3CCCN3CC(F)F)nc3cc(-c4nc(N)ccc4C(F)(F)F)c(Cl)cc23)CC1. The fourth-order valence-electron chi connectivity index (χ4n) is 5.45. The third kappa shape index (κ3) is 6.74. The maximum absolute atomic E-state index is 13.9. The molecule has 2 aliphatic heterocycles. The van der Waals surface area contributed by atoms with Gasteiger partial charge >= 0.3 is 12.2 Å². The smallest absolute Gasteiger partial charge is 0.418 e. The molecule has 5 rings (SSSR count). The Kier molecular flexibility index (Phi) is 8.88. The van der Waals surface area contributed by atoms with E-state index in [1.807, 2.05) is 4.90 Å². The Hall–Kier alpha value is -3.78. The maximum Gasteiger partial charge on any atom is 0.418 e. The summed E-state index contributed by atoms with van der Waals surface area (Å²) in [5.74, 6) is 0.0823. The first-order valence-electron chi connectivity index (χ1n) is 13.6. The number of hydrogen-bond acceptors (Lipinski definition) is 8. The minimum Gasteiger partial charge on any atom is -0.462 e. The number of rotatable bonds is 8. The molecule has 1 atom stereocenters. The van der Waals surface area contributed by atoms with E-state index < -0.39 is 23.9 Å². The number of alkyl halides is 5. The number of hydrogen-bond donors (Lipinski definition) is 1. The van der Waals surface area contributed by atoms with Crippen LogP contribution in [0.4, 0.5) is 33.6 Å². The van der Waals surface area contributed by atoms with Crippen LogP contribution in [0.2, 0.25) is 5.02 Å². The number of nitrogen functional groups attached to an aromatic ring is 1. The van der Waals surface area contributed by atoms with Gasteiger partial charge in [-0.05, 0) is 49.7 Å². The number of amides is 1. The quantitative estimate of drug-likeness (QED) is 0.279. The van der Waals surface area contributed by atoms with Gasteiger partial charge in [0.25, 0.3) is 6.43 Å². The number of piperazine rings is 1. The highest BCUT2D eigenvalue weighted by Crippen LogP contribution is 2.41. The van der Waals surface area contributed by atoms with Crippen LogP contribution in [-0.4, -0.2) is 89.0 Å². The Labute approximate surface area is 249 Å². The molecule has 1 aromatic carbocycles. The van der Waals surface area contributed by atoms with E-state index in [1.54, 1.807) is 9.80 Å². The van der Waals surface area contributed by atoms with Crippen molar-refractivity contribution in [3.8, 4) is 17.3 Å². The molecule has 1 unspecified atom stereocenters. The van der Waals surface area contributed by atoms with Crippen molar-refractivity contribution < 1.29 is 31.5 Å². The van der Waals surface area contributed by atoms with Gasteiger partial charge in [-0.1, -0.05) is 18.2 Å². The van der Waals surface area contributed by atoms with Gasteiger partial charge in [-0.15, -0.1) is 0 Å². The lowest BCUT2D eigenvalue weighted by molar-refractivity contribution is -0.137. The first-order chi connectivity index (χ1) is 20.4. The van der Waals surface area contributed by atoms with Crippen LogP contribution in [0.15, 0.2) is 36.9 Å². The molecule has 2 N–H and O–H groups in total. The van der Waals surface area contributed by atoms with Crippen molar-refractivity contribution in [3.63, 3.8) is 0 Å². The van der Waals surface area contributed by atoms with Gasteiger partial charge in [0.1, 0.15) is 18.2 Å². The van der Waals surface area contributed by atoms with E-state index in [2.05, 4.69) is 21.5 Å². The van der Waals surface area contributed by atoms with E-state index >= 15 is 0 Å². The molecule has 15 heteroatoms. The number of fused-ring (bicyclic) bond motifs is 1. The fourth-order valence-corrected chi connectivity index (χ4v) is 5.70. The number of anilines is 2. The van der Waals surface area contributed by atoms with E-state index in [4.69, 9.17) is 22.1 Å². The number of carbonyl (C=O) groups is 1. The third-order valence-electron chi connectivity index (χ3n) is 7.56. The standard InChI is InChI=1S/C28H29ClF5N7O2/c1-2-24(42)39-8-10-40(11-9-39)26-18-12-20(29)17(25-19(28(32,33)34)5-6-23(35)37-25)13-21(18)36-27(38-26)43-15-16-4-3-7-41(16)14-22(30)31/h2,5-6,12-13,16,22H,1,3-4,7-11,14-15H2,(H2,35,37). The van der Waals surface area contributed by atoms with Gasteiger partial charge in [0.05, 0.1) is 28.3 Å². The number of carbonyl (C=O) groups excluding carboxylic acids is 1. The van der Waals surface area contributed by atoms with Crippen LogP contribution < -0.4 is 15.4 Å². The topological polar surface area (TPSA) is 101 Å². The second-order valence-corrected chi connectivity index (χ2v) is 10.7. The predicted octanol–water partition coefficient (Wildman–Crippen LogP) is 4.89. The molecule has 2 aliphatic rings. The van der Waals surface area contributed by atoms with Crippen molar-refractivity contribution in [2.24, 2.45) is 0 Å². The van der Waals surface area contributed by atoms with Crippen LogP contribution in [0.1, 0.15) is 18.4 Å². The van der Waals surface area contributed by atoms with E-state index in [-0.39, 0.29) is 53.0 Å². The molecule has 0 bridgehead atoms. The average Bonchev–Trinajstić information content (AvgIpc) is 3.40. The van der Waals surface area contributed by atoms with Crippen LogP contribution in [0.3, 0.4) is 0 Å². The van der Waals surface area contributed by atoms with Gasteiger partial charge in [-0.25, -0.2) is 13.8 Å². The minimum absolute atomic E-state index is 0.0244. The highest BCUT2D eigenvalue weighted by Gasteiger charge is 2.35. The number of halogens is 6. The number of benzene rings is 1. The molecule has 2 aromatic heterocycles. The second kappa shape index (κ2) is 12.4. The van der Waals surface area contributed by atoms with Crippen molar-refractivity contribution in [1.82, 2.24) is 24.8 Å². The summed E-state index contributed by atoms with van der Waals surface area (Å²) in [6.45, 7) is 5.27. The Bertz CT molecular complexity index is 1520. The number of ether oxygens (including phenoxy) is 1. The Balaban J connectivity index is 1.55. The van der Waals surface area contributed by atoms with Gasteiger partial charge < -0.3 is 20.3 Å². The van der Waals surface area contributed by atoms with Gasteiger partial charge in [0.2, 0.25) is 5.91 Å². The molecule has 230 valence electrons. The molecular formula is C28H29ClF5N7O2. The van der Waals surface area contributed by atoms with Crippen LogP contribution in [0.5, 0.6) is 6.01 Å². The fraction of sp³-hybridized carbons (Fsp3) is 0.429. The largest absolute Gasteiger partial charge is 0.462 e. The van der Waals surface area contributed by atoms with Crippen molar-refractivity contribution >= 4 is 40.0 Å². The summed E-state index contributed by atoms with van der Waals surface area (Å²) in [4.78, 5) is 30.3. The molecular weight excluding hydrogens is 597 g/mol. The zero-order valence-corrected chi connectivity index (χ0v) is 23.7. The van der Waals surface area contributed by atoms with E-state index in [0.29, 0.717) is 50.3 Å². The third-order valence-corrected chi connectivity index (χ3v) is 7.88. The van der Waals surface area contributed by atoms with E-state index in [1.165, 1.54) is 18.2 Å². The van der Waals surface area contributed by atoms with Crippen molar-refractivity contribution in [2.45, 2.75) is 31.5 Å². The summed E-state index contributed by atoms with van der Waals surface area (Å²) < 4.78 is 73.7. The molecule has 9 nitrogen and oxygen atoms in total. The summed E-state index contributed by atoms with van der Waals surface area (Å²) in [7, 11) is 0. The van der Waals surface area contributed by atoms with Gasteiger partial charge in [-0.2, -0.15) is 23.1 Å². The monoisotopic (exact) mass is 625 g/mol. The molecule has 2 fully saturated rings. The molecule has 0 radical (unpaired) electrons. The van der Waals surface area contributed by atoms with Gasteiger partial charge in [-0.3, -0.25) is 9.69 Å². The summed E-state index contributed by atoms with van der Waals surface area (Å²) in [6.07, 6.45) is -4.57.